The van der Waals surface area contributed by atoms with Gasteiger partial charge in [0.15, 0.2) is 23.2 Å². The molecule has 0 saturated carbocycles. The van der Waals surface area contributed by atoms with Crippen molar-refractivity contribution in [2.75, 3.05) is 0 Å². The molecule has 0 amide bonds. The lowest BCUT2D eigenvalue weighted by molar-refractivity contribution is -0.136. The van der Waals surface area contributed by atoms with Crippen LogP contribution in [0.2, 0.25) is 0 Å². The molecule has 5 nitrogen and oxygen atoms in total. The van der Waals surface area contributed by atoms with Crippen molar-refractivity contribution >= 4 is 22.8 Å². The molecule has 1 aromatic heterocycles. The molecule has 26 heavy (non-hydrogen) atoms. The van der Waals surface area contributed by atoms with E-state index < -0.39 is 41.5 Å². The highest BCUT2D eigenvalue weighted by molar-refractivity contribution is 6.05. The van der Waals surface area contributed by atoms with Crippen LogP contribution < -0.4 is 0 Å². The first kappa shape index (κ1) is 17.5. The van der Waals surface area contributed by atoms with Crippen LogP contribution in [0.3, 0.4) is 0 Å². The molecule has 8 heteroatoms. The summed E-state index contributed by atoms with van der Waals surface area (Å²) in [6.45, 7) is 1.41. The van der Waals surface area contributed by atoms with E-state index >= 15 is 0 Å². The van der Waals surface area contributed by atoms with Gasteiger partial charge in [-0.25, -0.2) is 13.2 Å². The molecule has 0 saturated heterocycles. The second kappa shape index (κ2) is 6.21. The minimum Gasteiger partial charge on any atom is -0.505 e. The number of rotatable bonds is 3. The lowest BCUT2D eigenvalue weighted by Gasteiger charge is -2.08. The van der Waals surface area contributed by atoms with Gasteiger partial charge in [0.2, 0.25) is 0 Å². The fraction of sp³-hybridized carbons (Fsp3) is 0.111. The first-order valence-corrected chi connectivity index (χ1v) is 7.45. The van der Waals surface area contributed by atoms with Crippen LogP contribution in [0, 0.1) is 24.4 Å². The predicted molar refractivity (Wildman–Crippen MR) is 85.7 cm³/mol. The van der Waals surface area contributed by atoms with E-state index in [1.54, 1.807) is 0 Å². The fourth-order valence-electron chi connectivity index (χ4n) is 2.91. The Labute approximate surface area is 144 Å². The zero-order chi connectivity index (χ0) is 19.2. The van der Waals surface area contributed by atoms with Gasteiger partial charge in [-0.1, -0.05) is 0 Å². The standard InChI is InChI=1S/C18H12F3NO4/c1-8-10(7-15(24)25)16-13(4-5-14(23)17(16)21)22(8)18(26)9-2-3-11(19)12(20)6-9/h2-6,23H,7H2,1H3,(H,24,25). The maximum atomic E-state index is 14.4. The van der Waals surface area contributed by atoms with Crippen molar-refractivity contribution in [2.45, 2.75) is 13.3 Å². The van der Waals surface area contributed by atoms with Gasteiger partial charge in [0.25, 0.3) is 5.91 Å². The second-order valence-electron chi connectivity index (χ2n) is 5.70. The van der Waals surface area contributed by atoms with E-state index in [2.05, 4.69) is 0 Å². The van der Waals surface area contributed by atoms with Crippen molar-refractivity contribution in [2.24, 2.45) is 0 Å². The number of aromatic nitrogens is 1. The van der Waals surface area contributed by atoms with Gasteiger partial charge >= 0.3 is 5.97 Å². The quantitative estimate of drug-likeness (QED) is 0.748. The molecule has 0 radical (unpaired) electrons. The Balaban J connectivity index is 2.30. The number of phenolic OH excluding ortho intramolecular Hbond substituents is 1. The van der Waals surface area contributed by atoms with Crippen LogP contribution in [0.25, 0.3) is 10.9 Å². The molecule has 0 aliphatic rings. The van der Waals surface area contributed by atoms with Gasteiger partial charge in [-0.15, -0.1) is 0 Å². The first-order valence-electron chi connectivity index (χ1n) is 7.45. The third-order valence-electron chi connectivity index (χ3n) is 4.11. The number of nitrogens with zero attached hydrogens (tertiary/aromatic N) is 1. The van der Waals surface area contributed by atoms with Crippen molar-refractivity contribution in [1.29, 1.82) is 0 Å². The number of carboxylic acid groups (broad SMARTS) is 1. The number of carbonyl (C=O) groups excluding carboxylic acids is 1. The average molecular weight is 363 g/mol. The highest BCUT2D eigenvalue weighted by Crippen LogP contribution is 2.33. The number of hydrogen-bond acceptors (Lipinski definition) is 3. The van der Waals surface area contributed by atoms with Crippen molar-refractivity contribution in [3.63, 3.8) is 0 Å². The van der Waals surface area contributed by atoms with E-state index in [1.807, 2.05) is 0 Å². The van der Waals surface area contributed by atoms with Crippen LogP contribution in [0.1, 0.15) is 21.6 Å². The van der Waals surface area contributed by atoms with Crippen LogP contribution in [0.4, 0.5) is 13.2 Å². The number of aromatic hydroxyl groups is 1. The van der Waals surface area contributed by atoms with Gasteiger partial charge in [-0.3, -0.25) is 14.2 Å². The highest BCUT2D eigenvalue weighted by atomic mass is 19.2. The molecule has 3 aromatic rings. The van der Waals surface area contributed by atoms with Gasteiger partial charge in [-0.2, -0.15) is 0 Å². The summed E-state index contributed by atoms with van der Waals surface area (Å²) in [5.41, 5.74) is -0.0403. The van der Waals surface area contributed by atoms with Gasteiger partial charge < -0.3 is 10.2 Å². The SMILES string of the molecule is Cc1c(CC(=O)O)c2c(F)c(O)ccc2n1C(=O)c1ccc(F)c(F)c1. The van der Waals surface area contributed by atoms with E-state index in [0.717, 1.165) is 22.8 Å². The van der Waals surface area contributed by atoms with Crippen LogP contribution in [-0.4, -0.2) is 26.7 Å². The van der Waals surface area contributed by atoms with Crippen LogP contribution in [0.5, 0.6) is 5.75 Å². The summed E-state index contributed by atoms with van der Waals surface area (Å²) in [6, 6.07) is 4.84. The molecule has 0 aliphatic carbocycles. The molecule has 0 unspecified atom stereocenters. The Bertz CT molecular complexity index is 1070. The Kier molecular flexibility index (Phi) is 4.19. The molecular formula is C18H12F3NO4. The molecule has 3 rings (SSSR count). The lowest BCUT2D eigenvalue weighted by Crippen LogP contribution is -2.14. The zero-order valence-electron chi connectivity index (χ0n) is 13.4. The third kappa shape index (κ3) is 2.69. The minimum absolute atomic E-state index is 0.0110. The van der Waals surface area contributed by atoms with Crippen molar-refractivity contribution < 1.29 is 33.0 Å². The molecule has 2 N–H and O–H groups in total. The molecule has 0 atom stereocenters. The summed E-state index contributed by atoms with van der Waals surface area (Å²) in [5.74, 6) is -6.14. The Morgan fingerprint density at radius 2 is 1.77 bits per heavy atom. The molecule has 0 bridgehead atoms. The van der Waals surface area contributed by atoms with E-state index in [1.165, 1.54) is 13.0 Å². The van der Waals surface area contributed by atoms with E-state index in [4.69, 9.17) is 5.11 Å². The van der Waals surface area contributed by atoms with Gasteiger partial charge in [0.1, 0.15) is 0 Å². The molecule has 0 fully saturated rings. The van der Waals surface area contributed by atoms with E-state index in [0.29, 0.717) is 6.07 Å². The summed E-state index contributed by atoms with van der Waals surface area (Å²) >= 11 is 0. The number of phenols is 1. The number of carbonyl (C=O) groups is 2. The average Bonchev–Trinajstić information content (AvgIpc) is 2.85. The zero-order valence-corrected chi connectivity index (χ0v) is 13.4. The Hall–Kier alpha value is -3.29. The van der Waals surface area contributed by atoms with Crippen LogP contribution in [0.15, 0.2) is 30.3 Å². The Morgan fingerprint density at radius 3 is 2.38 bits per heavy atom. The first-order chi connectivity index (χ1) is 12.2. The largest absolute Gasteiger partial charge is 0.505 e. The molecule has 0 spiro atoms. The second-order valence-corrected chi connectivity index (χ2v) is 5.70. The molecule has 2 aromatic carbocycles. The van der Waals surface area contributed by atoms with Gasteiger partial charge in [-0.05, 0) is 42.8 Å². The molecule has 1 heterocycles. The minimum atomic E-state index is -1.25. The smallest absolute Gasteiger partial charge is 0.307 e. The van der Waals surface area contributed by atoms with Crippen LogP contribution in [-0.2, 0) is 11.2 Å². The maximum absolute atomic E-state index is 14.4. The molecular weight excluding hydrogens is 351 g/mol. The normalized spacial score (nSPS) is 11.1. The fourth-order valence-corrected chi connectivity index (χ4v) is 2.91. The van der Waals surface area contributed by atoms with Crippen molar-refractivity contribution in [3.8, 4) is 5.75 Å². The summed E-state index contributed by atoms with van der Waals surface area (Å²) in [6.07, 6.45) is -0.583. The Morgan fingerprint density at radius 1 is 1.08 bits per heavy atom. The lowest BCUT2D eigenvalue weighted by atomic mass is 10.1. The predicted octanol–water partition coefficient (Wildman–Crippen LogP) is 3.39. The summed E-state index contributed by atoms with van der Waals surface area (Å²) < 4.78 is 42.0. The van der Waals surface area contributed by atoms with E-state index in [9.17, 15) is 27.9 Å². The van der Waals surface area contributed by atoms with Crippen molar-refractivity contribution in [1.82, 2.24) is 4.57 Å². The number of benzene rings is 2. The van der Waals surface area contributed by atoms with Gasteiger partial charge in [0, 0.05) is 16.6 Å². The maximum Gasteiger partial charge on any atom is 0.307 e. The third-order valence-corrected chi connectivity index (χ3v) is 4.11. The molecule has 134 valence electrons. The van der Waals surface area contributed by atoms with Gasteiger partial charge in [0.05, 0.1) is 11.9 Å². The van der Waals surface area contributed by atoms with E-state index in [-0.39, 0.29) is 27.7 Å². The number of fused-ring (bicyclic) bond motifs is 1. The summed E-state index contributed by atoms with van der Waals surface area (Å²) in [7, 11) is 0. The van der Waals surface area contributed by atoms with Crippen LogP contribution >= 0.6 is 0 Å². The number of halogens is 3. The summed E-state index contributed by atoms with van der Waals surface area (Å²) in [5, 5.41) is 18.5. The van der Waals surface area contributed by atoms with Crippen molar-refractivity contribution in [3.05, 3.63) is 64.6 Å². The summed E-state index contributed by atoms with van der Waals surface area (Å²) in [4.78, 5) is 23.9. The monoisotopic (exact) mass is 363 g/mol. The number of aliphatic carboxylic acids is 1. The topological polar surface area (TPSA) is 79.5 Å². The molecule has 0 aliphatic heterocycles. The number of carboxylic acids is 1. The number of hydrogen-bond donors (Lipinski definition) is 2. The highest BCUT2D eigenvalue weighted by Gasteiger charge is 2.25.